The lowest BCUT2D eigenvalue weighted by Gasteiger charge is -2.21. The lowest BCUT2D eigenvalue weighted by Crippen LogP contribution is -2.34. The summed E-state index contributed by atoms with van der Waals surface area (Å²) in [6, 6.07) is 3.86. The summed E-state index contributed by atoms with van der Waals surface area (Å²) >= 11 is 0. The number of nitrogens with zero attached hydrogens (tertiary/aromatic N) is 1. The molecule has 6 heteroatoms. The monoisotopic (exact) mass is 295 g/mol. The lowest BCUT2D eigenvalue weighted by atomic mass is 10.1. The zero-order chi connectivity index (χ0) is 15.8. The van der Waals surface area contributed by atoms with Crippen LogP contribution in [0.2, 0.25) is 0 Å². The number of carbonyl (C=O) groups is 2. The quantitative estimate of drug-likeness (QED) is 0.751. The summed E-state index contributed by atoms with van der Waals surface area (Å²) in [5.74, 6) is -2.20. The van der Waals surface area contributed by atoms with Gasteiger partial charge in [-0.1, -0.05) is 13.0 Å². The zero-order valence-corrected chi connectivity index (χ0v) is 11.8. The van der Waals surface area contributed by atoms with Crippen LogP contribution in [0.1, 0.15) is 29.3 Å². The van der Waals surface area contributed by atoms with Crippen LogP contribution < -0.4 is 0 Å². The number of aliphatic hydroxyl groups excluding tert-OH is 1. The van der Waals surface area contributed by atoms with Gasteiger partial charge in [-0.2, -0.15) is 0 Å². The van der Waals surface area contributed by atoms with Gasteiger partial charge in [0.2, 0.25) is 0 Å². The topological polar surface area (TPSA) is 77.8 Å². The van der Waals surface area contributed by atoms with Crippen molar-refractivity contribution < 1.29 is 24.2 Å². The minimum Gasteiger partial charge on any atom is -0.478 e. The highest BCUT2D eigenvalue weighted by Crippen LogP contribution is 2.14. The number of carboxylic acids is 1. The molecule has 0 saturated carbocycles. The van der Waals surface area contributed by atoms with Crippen LogP contribution in [0.15, 0.2) is 24.3 Å². The summed E-state index contributed by atoms with van der Waals surface area (Å²) in [4.78, 5) is 24.0. The number of rotatable bonds is 7. The van der Waals surface area contributed by atoms with E-state index in [0.29, 0.717) is 6.54 Å². The second-order valence-corrected chi connectivity index (χ2v) is 4.42. The summed E-state index contributed by atoms with van der Waals surface area (Å²) in [6.45, 7) is 2.41. The van der Waals surface area contributed by atoms with Crippen LogP contribution in [-0.2, 0) is 4.79 Å². The molecule has 21 heavy (non-hydrogen) atoms. The maximum absolute atomic E-state index is 13.8. The van der Waals surface area contributed by atoms with Crippen LogP contribution in [0, 0.1) is 5.82 Å². The van der Waals surface area contributed by atoms with E-state index in [4.69, 9.17) is 10.2 Å². The van der Waals surface area contributed by atoms with Gasteiger partial charge in [0.15, 0.2) is 0 Å². The van der Waals surface area contributed by atoms with Gasteiger partial charge in [0.25, 0.3) is 5.91 Å². The summed E-state index contributed by atoms with van der Waals surface area (Å²) in [7, 11) is 0. The fraction of sp³-hybridized carbons (Fsp3) is 0.333. The van der Waals surface area contributed by atoms with E-state index < -0.39 is 11.8 Å². The Morgan fingerprint density at radius 2 is 2.05 bits per heavy atom. The van der Waals surface area contributed by atoms with E-state index in [1.54, 1.807) is 0 Å². The third-order valence-electron chi connectivity index (χ3n) is 2.80. The average molecular weight is 295 g/mol. The van der Waals surface area contributed by atoms with Crippen molar-refractivity contribution in [3.63, 3.8) is 0 Å². The van der Waals surface area contributed by atoms with Crippen molar-refractivity contribution in [2.75, 3.05) is 19.7 Å². The van der Waals surface area contributed by atoms with Crippen molar-refractivity contribution in [2.24, 2.45) is 0 Å². The molecule has 0 spiro atoms. The molecule has 1 aromatic rings. The Kier molecular flexibility index (Phi) is 6.55. The first-order valence-corrected chi connectivity index (χ1v) is 6.60. The molecular formula is C15H18FNO4. The Morgan fingerprint density at radius 1 is 1.33 bits per heavy atom. The van der Waals surface area contributed by atoms with Crippen molar-refractivity contribution in [1.29, 1.82) is 0 Å². The number of halogens is 1. The Morgan fingerprint density at radius 3 is 2.57 bits per heavy atom. The number of carbonyl (C=O) groups excluding carboxylic acids is 1. The largest absolute Gasteiger partial charge is 0.478 e. The van der Waals surface area contributed by atoms with Crippen LogP contribution in [0.4, 0.5) is 4.39 Å². The first-order chi connectivity index (χ1) is 9.99. The van der Waals surface area contributed by atoms with Gasteiger partial charge in [0.1, 0.15) is 5.82 Å². The fourth-order valence-electron chi connectivity index (χ4n) is 1.84. The van der Waals surface area contributed by atoms with E-state index in [-0.39, 0.29) is 30.2 Å². The number of benzene rings is 1. The average Bonchev–Trinajstić information content (AvgIpc) is 2.44. The van der Waals surface area contributed by atoms with Crippen LogP contribution >= 0.6 is 0 Å². The van der Waals surface area contributed by atoms with Crippen LogP contribution in [0.5, 0.6) is 0 Å². The van der Waals surface area contributed by atoms with Crippen LogP contribution in [0.3, 0.4) is 0 Å². The highest BCUT2D eigenvalue weighted by Gasteiger charge is 2.15. The fourth-order valence-corrected chi connectivity index (χ4v) is 1.84. The number of hydrogen-bond acceptors (Lipinski definition) is 3. The van der Waals surface area contributed by atoms with Gasteiger partial charge in [0, 0.05) is 30.3 Å². The third kappa shape index (κ3) is 5.00. The van der Waals surface area contributed by atoms with E-state index in [2.05, 4.69) is 0 Å². The number of hydrogen-bond donors (Lipinski definition) is 2. The van der Waals surface area contributed by atoms with Crippen LogP contribution in [-0.4, -0.2) is 46.7 Å². The van der Waals surface area contributed by atoms with Gasteiger partial charge in [-0.3, -0.25) is 4.79 Å². The molecule has 1 rings (SSSR count). The third-order valence-corrected chi connectivity index (χ3v) is 2.80. The van der Waals surface area contributed by atoms with Crippen LogP contribution in [0.25, 0.3) is 6.08 Å². The normalized spacial score (nSPS) is 10.8. The van der Waals surface area contributed by atoms with Gasteiger partial charge in [-0.25, -0.2) is 9.18 Å². The van der Waals surface area contributed by atoms with E-state index in [9.17, 15) is 14.0 Å². The second-order valence-electron chi connectivity index (χ2n) is 4.42. The second kappa shape index (κ2) is 8.16. The van der Waals surface area contributed by atoms with Gasteiger partial charge in [0.05, 0.1) is 6.61 Å². The molecule has 0 radical (unpaired) electrons. The Labute approximate surface area is 122 Å². The number of carboxylic acid groups (broad SMARTS) is 1. The summed E-state index contributed by atoms with van der Waals surface area (Å²) < 4.78 is 13.8. The minimum atomic E-state index is -1.17. The van der Waals surface area contributed by atoms with Gasteiger partial charge in [-0.05, 0) is 24.6 Å². The molecule has 0 bridgehead atoms. The molecule has 0 aromatic heterocycles. The van der Waals surface area contributed by atoms with E-state index >= 15 is 0 Å². The van der Waals surface area contributed by atoms with E-state index in [1.807, 2.05) is 6.92 Å². The molecule has 0 aliphatic rings. The number of amides is 1. The zero-order valence-electron chi connectivity index (χ0n) is 11.8. The smallest absolute Gasteiger partial charge is 0.328 e. The molecule has 0 fully saturated rings. The molecule has 0 heterocycles. The van der Waals surface area contributed by atoms with Crippen molar-refractivity contribution in [2.45, 2.75) is 13.3 Å². The molecule has 0 aliphatic carbocycles. The molecule has 114 valence electrons. The summed E-state index contributed by atoms with van der Waals surface area (Å²) in [5.41, 5.74) is 0.264. The molecule has 5 nitrogen and oxygen atoms in total. The van der Waals surface area contributed by atoms with E-state index in [1.165, 1.54) is 17.0 Å². The van der Waals surface area contributed by atoms with Crippen molar-refractivity contribution in [3.05, 3.63) is 41.2 Å². The summed E-state index contributed by atoms with van der Waals surface area (Å²) in [6.07, 6.45) is 2.69. The van der Waals surface area contributed by atoms with Gasteiger partial charge < -0.3 is 15.1 Å². The van der Waals surface area contributed by atoms with Crippen molar-refractivity contribution >= 4 is 18.0 Å². The highest BCUT2D eigenvalue weighted by molar-refractivity contribution is 5.94. The van der Waals surface area contributed by atoms with Crippen molar-refractivity contribution in [1.82, 2.24) is 4.90 Å². The van der Waals surface area contributed by atoms with Gasteiger partial charge in [-0.15, -0.1) is 0 Å². The molecule has 0 atom stereocenters. The molecule has 2 N–H and O–H groups in total. The maximum atomic E-state index is 13.8. The number of aliphatic hydroxyl groups is 1. The van der Waals surface area contributed by atoms with Crippen molar-refractivity contribution in [3.8, 4) is 0 Å². The maximum Gasteiger partial charge on any atom is 0.328 e. The standard InChI is InChI=1S/C15H18FNO4/c1-2-7-17(8-9-18)15(21)12-4-3-11(13(16)10-12)5-6-14(19)20/h3-6,10,18H,2,7-9H2,1H3,(H,19,20). The minimum absolute atomic E-state index is 0.0955. The molecule has 0 aliphatic heterocycles. The summed E-state index contributed by atoms with van der Waals surface area (Å²) in [5, 5.41) is 17.5. The molecule has 0 unspecified atom stereocenters. The molecular weight excluding hydrogens is 277 g/mol. The lowest BCUT2D eigenvalue weighted by molar-refractivity contribution is -0.131. The predicted molar refractivity (Wildman–Crippen MR) is 76.4 cm³/mol. The SMILES string of the molecule is CCCN(CCO)C(=O)c1ccc(C=CC(=O)O)c(F)c1. The molecule has 0 saturated heterocycles. The Hall–Kier alpha value is -2.21. The molecule has 1 amide bonds. The first kappa shape index (κ1) is 16.8. The van der Waals surface area contributed by atoms with E-state index in [0.717, 1.165) is 24.6 Å². The molecule has 1 aromatic carbocycles. The Bertz CT molecular complexity index is 536. The Balaban J connectivity index is 2.96. The highest BCUT2D eigenvalue weighted by atomic mass is 19.1. The first-order valence-electron chi connectivity index (χ1n) is 6.60. The predicted octanol–water partition coefficient (Wildman–Crippen LogP) is 1.77. The van der Waals surface area contributed by atoms with Gasteiger partial charge >= 0.3 is 5.97 Å². The number of aliphatic carboxylic acids is 1.